The monoisotopic (exact) mass is 306 g/mol. The van der Waals surface area contributed by atoms with Crippen LogP contribution in [0, 0.1) is 0 Å². The van der Waals surface area contributed by atoms with Crippen LogP contribution in [0.4, 0.5) is 5.13 Å². The Morgan fingerprint density at radius 1 is 1.29 bits per heavy atom. The van der Waals surface area contributed by atoms with Gasteiger partial charge in [-0.2, -0.15) is 0 Å². The smallest absolute Gasteiger partial charge is 0.226 e. The van der Waals surface area contributed by atoms with E-state index in [1.807, 2.05) is 30.3 Å². The SMILES string of the molecule is NCCCC(=O)Nc1nnc(CCOc2ccccc2)s1. The van der Waals surface area contributed by atoms with Gasteiger partial charge in [0, 0.05) is 12.8 Å². The molecule has 1 amide bonds. The van der Waals surface area contributed by atoms with Crippen LogP contribution < -0.4 is 15.8 Å². The lowest BCUT2D eigenvalue weighted by molar-refractivity contribution is -0.116. The molecule has 0 bridgehead atoms. The Morgan fingerprint density at radius 3 is 2.86 bits per heavy atom. The van der Waals surface area contributed by atoms with Crippen LogP contribution in [0.2, 0.25) is 0 Å². The first-order chi connectivity index (χ1) is 10.3. The summed E-state index contributed by atoms with van der Waals surface area (Å²) in [5.74, 6) is 0.751. The minimum Gasteiger partial charge on any atom is -0.493 e. The van der Waals surface area contributed by atoms with Gasteiger partial charge >= 0.3 is 0 Å². The second-order valence-electron chi connectivity index (χ2n) is 4.35. The summed E-state index contributed by atoms with van der Waals surface area (Å²) in [7, 11) is 0. The lowest BCUT2D eigenvalue weighted by atomic mass is 10.3. The van der Waals surface area contributed by atoms with Crippen LogP contribution in [0.5, 0.6) is 5.75 Å². The molecule has 0 unspecified atom stereocenters. The minimum absolute atomic E-state index is 0.0799. The zero-order chi connectivity index (χ0) is 14.9. The summed E-state index contributed by atoms with van der Waals surface area (Å²) in [6.45, 7) is 1.03. The number of nitrogens with zero attached hydrogens (tertiary/aromatic N) is 2. The topological polar surface area (TPSA) is 90.1 Å². The first-order valence-electron chi connectivity index (χ1n) is 6.78. The Kier molecular flexibility index (Phi) is 6.11. The van der Waals surface area contributed by atoms with Crippen LogP contribution in [0.25, 0.3) is 0 Å². The number of aromatic nitrogens is 2. The van der Waals surface area contributed by atoms with Gasteiger partial charge in [0.1, 0.15) is 10.8 Å². The second kappa shape index (κ2) is 8.33. The molecule has 1 heterocycles. The molecule has 2 aromatic rings. The number of hydrogen-bond donors (Lipinski definition) is 2. The van der Waals surface area contributed by atoms with Crippen molar-refractivity contribution in [1.29, 1.82) is 0 Å². The van der Waals surface area contributed by atoms with E-state index in [1.54, 1.807) is 0 Å². The van der Waals surface area contributed by atoms with Gasteiger partial charge < -0.3 is 15.8 Å². The van der Waals surface area contributed by atoms with E-state index < -0.39 is 0 Å². The molecule has 0 aliphatic carbocycles. The van der Waals surface area contributed by atoms with E-state index in [0.29, 0.717) is 37.5 Å². The highest BCUT2D eigenvalue weighted by Crippen LogP contribution is 2.16. The van der Waals surface area contributed by atoms with Crippen molar-refractivity contribution in [1.82, 2.24) is 10.2 Å². The molecular formula is C14H18N4O2S. The maximum Gasteiger partial charge on any atom is 0.226 e. The Labute approximate surface area is 127 Å². The molecule has 3 N–H and O–H groups in total. The molecular weight excluding hydrogens is 288 g/mol. The van der Waals surface area contributed by atoms with Crippen LogP contribution in [-0.2, 0) is 11.2 Å². The van der Waals surface area contributed by atoms with Gasteiger partial charge in [-0.25, -0.2) is 0 Å². The molecule has 2 rings (SSSR count). The van der Waals surface area contributed by atoms with Crippen molar-refractivity contribution in [3.05, 3.63) is 35.3 Å². The number of benzene rings is 1. The molecule has 6 nitrogen and oxygen atoms in total. The second-order valence-corrected chi connectivity index (χ2v) is 5.41. The lowest BCUT2D eigenvalue weighted by Gasteiger charge is -2.03. The predicted molar refractivity (Wildman–Crippen MR) is 82.5 cm³/mol. The third-order valence-corrected chi connectivity index (χ3v) is 3.55. The van der Waals surface area contributed by atoms with E-state index in [1.165, 1.54) is 11.3 Å². The number of carbonyl (C=O) groups excluding carboxylic acids is 1. The number of nitrogens with one attached hydrogen (secondary N) is 1. The number of rotatable bonds is 8. The molecule has 0 fully saturated rings. The van der Waals surface area contributed by atoms with Gasteiger partial charge in [0.15, 0.2) is 0 Å². The molecule has 21 heavy (non-hydrogen) atoms. The van der Waals surface area contributed by atoms with Gasteiger partial charge in [-0.1, -0.05) is 29.5 Å². The van der Waals surface area contributed by atoms with E-state index in [9.17, 15) is 4.79 Å². The first-order valence-corrected chi connectivity index (χ1v) is 7.59. The summed E-state index contributed by atoms with van der Waals surface area (Å²) in [6.07, 6.45) is 1.73. The summed E-state index contributed by atoms with van der Waals surface area (Å²) >= 11 is 1.36. The fourth-order valence-electron chi connectivity index (χ4n) is 1.62. The van der Waals surface area contributed by atoms with Crippen molar-refractivity contribution in [2.45, 2.75) is 19.3 Å². The minimum atomic E-state index is -0.0799. The third-order valence-electron chi connectivity index (χ3n) is 2.65. The van der Waals surface area contributed by atoms with Gasteiger partial charge in [0.2, 0.25) is 11.0 Å². The number of anilines is 1. The fourth-order valence-corrected chi connectivity index (χ4v) is 2.36. The molecule has 0 radical (unpaired) electrons. The van der Waals surface area contributed by atoms with Crippen molar-refractivity contribution in [3.63, 3.8) is 0 Å². The quantitative estimate of drug-likeness (QED) is 0.776. The molecule has 0 spiro atoms. The van der Waals surface area contributed by atoms with Crippen molar-refractivity contribution in [2.24, 2.45) is 5.73 Å². The largest absolute Gasteiger partial charge is 0.493 e. The van der Waals surface area contributed by atoms with E-state index >= 15 is 0 Å². The zero-order valence-electron chi connectivity index (χ0n) is 11.6. The molecule has 0 saturated carbocycles. The van der Waals surface area contributed by atoms with Gasteiger partial charge in [0.05, 0.1) is 6.61 Å². The number of carbonyl (C=O) groups is 1. The molecule has 1 aromatic heterocycles. The predicted octanol–water partition coefficient (Wildman–Crippen LogP) is 1.84. The van der Waals surface area contributed by atoms with E-state index in [0.717, 1.165) is 10.8 Å². The van der Waals surface area contributed by atoms with Crippen LogP contribution in [0.15, 0.2) is 30.3 Å². The molecule has 0 atom stereocenters. The number of ether oxygens (including phenoxy) is 1. The summed E-state index contributed by atoms with van der Waals surface area (Å²) < 4.78 is 5.59. The van der Waals surface area contributed by atoms with Gasteiger partial charge in [-0.3, -0.25) is 4.79 Å². The van der Waals surface area contributed by atoms with Crippen molar-refractivity contribution in [3.8, 4) is 5.75 Å². The standard InChI is InChI=1S/C14H18N4O2S/c15-9-4-7-12(19)16-14-18-17-13(21-14)8-10-20-11-5-2-1-3-6-11/h1-3,5-6H,4,7-10,15H2,(H,16,18,19). The number of hydrogen-bond acceptors (Lipinski definition) is 6. The van der Waals surface area contributed by atoms with E-state index in [2.05, 4.69) is 15.5 Å². The van der Waals surface area contributed by atoms with Crippen LogP contribution in [0.3, 0.4) is 0 Å². The van der Waals surface area contributed by atoms with Gasteiger partial charge in [0.25, 0.3) is 0 Å². The van der Waals surface area contributed by atoms with E-state index in [4.69, 9.17) is 10.5 Å². The summed E-state index contributed by atoms with van der Waals surface area (Å²) in [5, 5.41) is 12.0. The Hall–Kier alpha value is -1.99. The van der Waals surface area contributed by atoms with Crippen molar-refractivity contribution in [2.75, 3.05) is 18.5 Å². The fraction of sp³-hybridized carbons (Fsp3) is 0.357. The average molecular weight is 306 g/mol. The normalized spacial score (nSPS) is 10.3. The van der Waals surface area contributed by atoms with Crippen molar-refractivity contribution >= 4 is 22.4 Å². The van der Waals surface area contributed by atoms with Crippen LogP contribution in [0.1, 0.15) is 17.8 Å². The zero-order valence-corrected chi connectivity index (χ0v) is 12.4. The molecule has 1 aromatic carbocycles. The van der Waals surface area contributed by atoms with Crippen LogP contribution >= 0.6 is 11.3 Å². The Bertz CT molecular complexity index is 559. The third kappa shape index (κ3) is 5.49. The van der Waals surface area contributed by atoms with Crippen molar-refractivity contribution < 1.29 is 9.53 Å². The molecule has 0 aliphatic rings. The molecule has 7 heteroatoms. The van der Waals surface area contributed by atoms with E-state index in [-0.39, 0.29) is 5.91 Å². The molecule has 0 aliphatic heterocycles. The number of para-hydroxylation sites is 1. The van der Waals surface area contributed by atoms with Crippen LogP contribution in [-0.4, -0.2) is 29.3 Å². The summed E-state index contributed by atoms with van der Waals surface area (Å²) in [6, 6.07) is 9.61. The number of amides is 1. The highest BCUT2D eigenvalue weighted by molar-refractivity contribution is 7.15. The summed E-state index contributed by atoms with van der Waals surface area (Å²) in [4.78, 5) is 11.5. The highest BCUT2D eigenvalue weighted by Gasteiger charge is 2.08. The maximum absolute atomic E-state index is 11.5. The van der Waals surface area contributed by atoms with Gasteiger partial charge in [-0.15, -0.1) is 10.2 Å². The first kappa shape index (κ1) is 15.4. The Morgan fingerprint density at radius 2 is 2.10 bits per heavy atom. The molecule has 112 valence electrons. The highest BCUT2D eigenvalue weighted by atomic mass is 32.1. The number of nitrogens with two attached hydrogens (primary N) is 1. The average Bonchev–Trinajstić information content (AvgIpc) is 2.93. The summed E-state index contributed by atoms with van der Waals surface area (Å²) in [5.41, 5.74) is 5.36. The Balaban J connectivity index is 1.74. The van der Waals surface area contributed by atoms with Gasteiger partial charge in [-0.05, 0) is 25.1 Å². The molecule has 0 saturated heterocycles. The lowest BCUT2D eigenvalue weighted by Crippen LogP contribution is -2.13. The maximum atomic E-state index is 11.5.